The van der Waals surface area contributed by atoms with Crippen molar-refractivity contribution in [1.29, 1.82) is 0 Å². The van der Waals surface area contributed by atoms with Crippen molar-refractivity contribution in [2.24, 2.45) is 5.92 Å². The van der Waals surface area contributed by atoms with E-state index >= 15 is 0 Å². The number of carboxylic acids is 1. The molecule has 0 unspecified atom stereocenters. The van der Waals surface area contributed by atoms with Crippen molar-refractivity contribution in [2.75, 3.05) is 26.7 Å². The van der Waals surface area contributed by atoms with E-state index in [0.717, 1.165) is 30.0 Å². The fraction of sp³-hybridized carbons (Fsp3) is 0.300. The van der Waals surface area contributed by atoms with E-state index in [0.29, 0.717) is 6.54 Å². The smallest absolute Gasteiger partial charge is 0.308 e. The van der Waals surface area contributed by atoms with E-state index in [4.69, 9.17) is 4.74 Å². The number of aromatic nitrogens is 1. The lowest BCUT2D eigenvalue weighted by Gasteiger charge is -2.14. The Bertz CT molecular complexity index is 728. The molecule has 1 aromatic carbocycles. The number of carbonyl (C=O) groups is 1. The minimum atomic E-state index is -0.733. The molecular formula is C20H22N2O3. The highest BCUT2D eigenvalue weighted by atomic mass is 16.5. The molecule has 1 fully saturated rings. The standard InChI is InChI=1S/C20H22N2O3/c1-25-17-6-4-15(5-7-17)3-2-12-22-13-18(19(14-22)20(23)24)16-8-10-21-11-9-16/h2-11,18-19H,12-14H2,1H3,(H,23,24)/b3-2+/t18-,19+/m1/s1. The van der Waals surface area contributed by atoms with Crippen LogP contribution in [0.3, 0.4) is 0 Å². The summed E-state index contributed by atoms with van der Waals surface area (Å²) in [5, 5.41) is 9.54. The molecule has 2 aromatic rings. The molecule has 1 aliphatic rings. The number of carboxylic acid groups (broad SMARTS) is 1. The maximum Gasteiger partial charge on any atom is 0.308 e. The first-order chi connectivity index (χ1) is 12.2. The number of nitrogens with zero attached hydrogens (tertiary/aromatic N) is 2. The van der Waals surface area contributed by atoms with Crippen LogP contribution in [0, 0.1) is 5.92 Å². The highest BCUT2D eigenvalue weighted by Crippen LogP contribution is 2.32. The van der Waals surface area contributed by atoms with E-state index in [1.165, 1.54) is 0 Å². The maximum absolute atomic E-state index is 11.6. The molecule has 0 spiro atoms. The van der Waals surface area contributed by atoms with Gasteiger partial charge in [0.05, 0.1) is 13.0 Å². The maximum atomic E-state index is 11.6. The Kier molecular flexibility index (Phi) is 5.46. The average molecular weight is 338 g/mol. The van der Waals surface area contributed by atoms with Gasteiger partial charge in [-0.2, -0.15) is 0 Å². The Morgan fingerprint density at radius 3 is 2.60 bits per heavy atom. The molecule has 2 heterocycles. The van der Waals surface area contributed by atoms with Crippen LogP contribution in [0.15, 0.2) is 54.9 Å². The van der Waals surface area contributed by atoms with Crippen LogP contribution in [0.2, 0.25) is 0 Å². The van der Waals surface area contributed by atoms with Gasteiger partial charge in [-0.3, -0.25) is 14.7 Å². The van der Waals surface area contributed by atoms with Crippen LogP contribution >= 0.6 is 0 Å². The second-order valence-corrected chi connectivity index (χ2v) is 6.23. The molecule has 0 radical (unpaired) electrons. The zero-order chi connectivity index (χ0) is 17.6. The summed E-state index contributed by atoms with van der Waals surface area (Å²) in [4.78, 5) is 17.8. The molecule has 130 valence electrons. The highest BCUT2D eigenvalue weighted by Gasteiger charge is 2.37. The molecule has 1 aromatic heterocycles. The Morgan fingerprint density at radius 2 is 1.96 bits per heavy atom. The molecular weight excluding hydrogens is 316 g/mol. The van der Waals surface area contributed by atoms with Gasteiger partial charge in [0.1, 0.15) is 5.75 Å². The predicted molar refractivity (Wildman–Crippen MR) is 96.6 cm³/mol. The van der Waals surface area contributed by atoms with Gasteiger partial charge in [-0.05, 0) is 35.4 Å². The Hall–Kier alpha value is -2.66. The average Bonchev–Trinajstić information content (AvgIpc) is 3.08. The molecule has 1 N–H and O–H groups in total. The lowest BCUT2D eigenvalue weighted by molar-refractivity contribution is -0.141. The summed E-state index contributed by atoms with van der Waals surface area (Å²) < 4.78 is 5.15. The van der Waals surface area contributed by atoms with Crippen molar-refractivity contribution in [1.82, 2.24) is 9.88 Å². The predicted octanol–water partition coefficient (Wildman–Crippen LogP) is 2.90. The second-order valence-electron chi connectivity index (χ2n) is 6.23. The van der Waals surface area contributed by atoms with Crippen LogP contribution in [0.5, 0.6) is 5.75 Å². The molecule has 3 rings (SSSR count). The molecule has 0 bridgehead atoms. The van der Waals surface area contributed by atoms with E-state index in [1.807, 2.05) is 36.4 Å². The van der Waals surface area contributed by atoms with E-state index in [-0.39, 0.29) is 11.8 Å². The molecule has 2 atom stereocenters. The van der Waals surface area contributed by atoms with Gasteiger partial charge in [-0.25, -0.2) is 0 Å². The number of aliphatic carboxylic acids is 1. The monoisotopic (exact) mass is 338 g/mol. The summed E-state index contributed by atoms with van der Waals surface area (Å²) in [6, 6.07) is 11.7. The summed E-state index contributed by atoms with van der Waals surface area (Å²) in [6.45, 7) is 2.04. The first kappa shape index (κ1) is 17.2. The quantitative estimate of drug-likeness (QED) is 0.877. The number of hydrogen-bond acceptors (Lipinski definition) is 4. The molecule has 0 amide bonds. The zero-order valence-corrected chi connectivity index (χ0v) is 14.2. The fourth-order valence-electron chi connectivity index (χ4n) is 3.29. The van der Waals surface area contributed by atoms with Crippen LogP contribution < -0.4 is 4.74 Å². The van der Waals surface area contributed by atoms with Crippen LogP contribution in [0.1, 0.15) is 17.0 Å². The van der Waals surface area contributed by atoms with Gasteiger partial charge in [-0.15, -0.1) is 0 Å². The molecule has 5 heteroatoms. The Labute approximate surface area is 147 Å². The van der Waals surface area contributed by atoms with E-state index < -0.39 is 5.97 Å². The van der Waals surface area contributed by atoms with Crippen molar-refractivity contribution in [3.05, 3.63) is 66.0 Å². The molecule has 0 saturated carbocycles. The van der Waals surface area contributed by atoms with Crippen molar-refractivity contribution in [2.45, 2.75) is 5.92 Å². The summed E-state index contributed by atoms with van der Waals surface area (Å²) >= 11 is 0. The van der Waals surface area contributed by atoms with Crippen molar-refractivity contribution in [3.63, 3.8) is 0 Å². The van der Waals surface area contributed by atoms with Gasteiger partial charge in [0.25, 0.3) is 0 Å². The summed E-state index contributed by atoms with van der Waals surface area (Å²) in [6.07, 6.45) is 7.57. The van der Waals surface area contributed by atoms with E-state index in [1.54, 1.807) is 19.5 Å². The van der Waals surface area contributed by atoms with Gasteiger partial charge in [-0.1, -0.05) is 24.3 Å². The van der Waals surface area contributed by atoms with E-state index in [2.05, 4.69) is 22.0 Å². The highest BCUT2D eigenvalue weighted by molar-refractivity contribution is 5.72. The van der Waals surface area contributed by atoms with Crippen LogP contribution in [-0.2, 0) is 4.79 Å². The first-order valence-electron chi connectivity index (χ1n) is 8.33. The lowest BCUT2D eigenvalue weighted by atomic mass is 9.90. The number of pyridine rings is 1. The van der Waals surface area contributed by atoms with Gasteiger partial charge < -0.3 is 9.84 Å². The van der Waals surface area contributed by atoms with Gasteiger partial charge in [0.15, 0.2) is 0 Å². The summed E-state index contributed by atoms with van der Waals surface area (Å²) in [7, 11) is 1.65. The topological polar surface area (TPSA) is 62.7 Å². The summed E-state index contributed by atoms with van der Waals surface area (Å²) in [5.74, 6) is -0.267. The number of hydrogen-bond donors (Lipinski definition) is 1. The number of methoxy groups -OCH3 is 1. The largest absolute Gasteiger partial charge is 0.497 e. The Balaban J connectivity index is 1.63. The Morgan fingerprint density at radius 1 is 1.24 bits per heavy atom. The SMILES string of the molecule is COc1ccc(/C=C/CN2C[C@H](C(=O)O)[C@@H](c3ccncc3)C2)cc1. The normalized spacial score (nSPS) is 20.8. The third kappa shape index (κ3) is 4.25. The molecule has 1 saturated heterocycles. The van der Waals surface area contributed by atoms with Gasteiger partial charge >= 0.3 is 5.97 Å². The number of benzene rings is 1. The molecule has 5 nitrogen and oxygen atoms in total. The van der Waals surface area contributed by atoms with Crippen molar-refractivity contribution in [3.8, 4) is 5.75 Å². The van der Waals surface area contributed by atoms with Crippen molar-refractivity contribution >= 4 is 12.0 Å². The number of rotatable bonds is 6. The van der Waals surface area contributed by atoms with Gasteiger partial charge in [0, 0.05) is 37.9 Å². The molecule has 1 aliphatic heterocycles. The minimum absolute atomic E-state index is 0.00915. The number of likely N-dealkylation sites (tertiary alicyclic amines) is 1. The van der Waals surface area contributed by atoms with Crippen LogP contribution in [-0.4, -0.2) is 47.7 Å². The molecule has 25 heavy (non-hydrogen) atoms. The van der Waals surface area contributed by atoms with Crippen LogP contribution in [0.4, 0.5) is 0 Å². The van der Waals surface area contributed by atoms with Crippen LogP contribution in [0.25, 0.3) is 6.08 Å². The van der Waals surface area contributed by atoms with Crippen molar-refractivity contribution < 1.29 is 14.6 Å². The third-order valence-corrected chi connectivity index (χ3v) is 4.64. The minimum Gasteiger partial charge on any atom is -0.497 e. The zero-order valence-electron chi connectivity index (χ0n) is 14.2. The second kappa shape index (κ2) is 7.94. The molecule has 0 aliphatic carbocycles. The number of ether oxygens (including phenoxy) is 1. The third-order valence-electron chi connectivity index (χ3n) is 4.64. The lowest BCUT2D eigenvalue weighted by Crippen LogP contribution is -2.23. The van der Waals surface area contributed by atoms with Gasteiger partial charge in [0.2, 0.25) is 0 Å². The first-order valence-corrected chi connectivity index (χ1v) is 8.33. The summed E-state index contributed by atoms with van der Waals surface area (Å²) in [5.41, 5.74) is 2.14. The van der Waals surface area contributed by atoms with E-state index in [9.17, 15) is 9.90 Å². The fourth-order valence-corrected chi connectivity index (χ4v) is 3.29.